The number of nitrogens with zero attached hydrogens (tertiary/aromatic N) is 3. The molecule has 1 saturated heterocycles. The molecule has 2 aliphatic rings. The first-order valence-electron chi connectivity index (χ1n) is 10.9. The van der Waals surface area contributed by atoms with E-state index in [0.717, 1.165) is 11.3 Å². The number of halogens is 1. The summed E-state index contributed by atoms with van der Waals surface area (Å²) >= 11 is 9.46. The van der Waals surface area contributed by atoms with Crippen molar-refractivity contribution < 1.29 is 48.1 Å². The molecule has 3 atom stereocenters. The second-order valence-electron chi connectivity index (χ2n) is 7.39. The molecule has 39 heavy (non-hydrogen) atoms. The summed E-state index contributed by atoms with van der Waals surface area (Å²) in [6, 6.07) is -1.10. The van der Waals surface area contributed by atoms with Crippen molar-refractivity contribution in [3.63, 3.8) is 0 Å². The Morgan fingerprint density at radius 1 is 1.36 bits per heavy atom. The number of amides is 2. The lowest BCUT2D eigenvalue weighted by molar-refractivity contribution is -0.168. The molecule has 1 aromatic rings. The van der Waals surface area contributed by atoms with Crippen molar-refractivity contribution in [1.29, 1.82) is 0 Å². The Kier molecular flexibility index (Phi) is 10.3. The average Bonchev–Trinajstić information content (AvgIpc) is 3.20. The van der Waals surface area contributed by atoms with E-state index in [0.29, 0.717) is 10.7 Å². The number of aliphatic carboxylic acids is 1. The number of carbonyl (C=O) groups excluding carboxylic acids is 4. The van der Waals surface area contributed by atoms with E-state index in [4.69, 9.17) is 36.8 Å². The third kappa shape index (κ3) is 7.06. The van der Waals surface area contributed by atoms with Crippen molar-refractivity contribution in [2.24, 2.45) is 5.16 Å². The predicted molar refractivity (Wildman–Crippen MR) is 141 cm³/mol. The summed E-state index contributed by atoms with van der Waals surface area (Å²) in [5, 5.41) is 14.2. The quantitative estimate of drug-likeness (QED) is 0.104. The van der Waals surface area contributed by atoms with E-state index < -0.39 is 59.9 Å². The number of oxime groups is 1. The molecule has 19 heteroatoms. The number of hydrogen-bond acceptors (Lipinski definition) is 15. The third-order valence-corrected chi connectivity index (χ3v) is 8.22. The van der Waals surface area contributed by atoms with Crippen LogP contribution < -0.4 is 11.1 Å². The largest absolute Gasteiger partial charge is 0.511 e. The summed E-state index contributed by atoms with van der Waals surface area (Å²) in [5.74, 6) is -3.51. The minimum absolute atomic E-state index is 0.00864. The number of nitrogen functional groups attached to an aromatic ring is 1. The van der Waals surface area contributed by atoms with E-state index in [2.05, 4.69) is 20.2 Å². The van der Waals surface area contributed by atoms with Crippen molar-refractivity contribution >= 4 is 87.2 Å². The molecule has 0 saturated carbocycles. The predicted octanol–water partition coefficient (Wildman–Crippen LogP) is 1.22. The molecule has 0 bridgehead atoms. The van der Waals surface area contributed by atoms with Gasteiger partial charge in [-0.1, -0.05) is 28.1 Å². The smallest absolute Gasteiger partial charge is 0.479 e. The number of nitrogens with two attached hydrogens (primary N) is 1. The van der Waals surface area contributed by atoms with E-state index in [1.54, 1.807) is 13.2 Å². The number of carboxylic acid groups (broad SMARTS) is 1. The Balaban J connectivity index is 1.77. The first kappa shape index (κ1) is 30.3. The highest BCUT2D eigenvalue weighted by molar-refractivity contribution is 8.05. The molecule has 0 spiro atoms. The van der Waals surface area contributed by atoms with E-state index in [-0.39, 0.29) is 27.5 Å². The van der Waals surface area contributed by atoms with Gasteiger partial charge in [0.25, 0.3) is 11.8 Å². The van der Waals surface area contributed by atoms with Crippen LogP contribution in [-0.4, -0.2) is 93.5 Å². The normalized spacial score (nSPS) is 19.4. The molecule has 2 amide bonds. The fraction of sp³-hybridized carbons (Fsp3) is 0.450. The third-order valence-electron chi connectivity index (χ3n) is 4.84. The number of carbonyl (C=O) groups is 5. The Morgan fingerprint density at radius 2 is 2.08 bits per heavy atom. The van der Waals surface area contributed by atoms with Gasteiger partial charge in [0.05, 0.1) is 6.61 Å². The van der Waals surface area contributed by atoms with Crippen LogP contribution in [-0.2, 0) is 38.2 Å². The number of β-lactam (4-membered cyclic amide) rings is 1. The van der Waals surface area contributed by atoms with Gasteiger partial charge in [-0.15, -0.1) is 23.5 Å². The lowest BCUT2D eigenvalue weighted by Crippen LogP contribution is -2.71. The van der Waals surface area contributed by atoms with Gasteiger partial charge in [-0.25, -0.2) is 19.4 Å². The van der Waals surface area contributed by atoms with E-state index in [1.165, 1.54) is 35.3 Å². The molecule has 3 rings (SSSR count). The minimum Gasteiger partial charge on any atom is -0.479 e. The van der Waals surface area contributed by atoms with Gasteiger partial charge in [0, 0.05) is 17.6 Å². The number of carboxylic acids is 1. The zero-order chi connectivity index (χ0) is 28.9. The maximum atomic E-state index is 13.1. The summed E-state index contributed by atoms with van der Waals surface area (Å²) in [6.07, 6.45) is -0.607. The molecule has 3 heterocycles. The lowest BCUT2D eigenvalue weighted by Gasteiger charge is -2.49. The molecule has 0 aromatic carbocycles. The Hall–Kier alpha value is -3.22. The first-order chi connectivity index (χ1) is 18.5. The highest BCUT2D eigenvalue weighted by atomic mass is 35.5. The molecule has 0 radical (unpaired) electrons. The molecular formula is C20H22ClN5O10S3. The van der Waals surface area contributed by atoms with Crippen molar-refractivity contribution in [3.8, 4) is 0 Å². The Labute approximate surface area is 238 Å². The average molecular weight is 624 g/mol. The first-order valence-corrected chi connectivity index (χ1v) is 14.4. The van der Waals surface area contributed by atoms with Crippen LogP contribution >= 0.6 is 46.5 Å². The highest BCUT2D eigenvalue weighted by Crippen LogP contribution is 2.43. The number of nitrogens with one attached hydrogen (secondary N) is 1. The van der Waals surface area contributed by atoms with E-state index in [9.17, 15) is 24.0 Å². The Bertz CT molecular complexity index is 1240. The van der Waals surface area contributed by atoms with Crippen molar-refractivity contribution in [1.82, 2.24) is 15.2 Å². The Morgan fingerprint density at radius 3 is 2.67 bits per heavy atom. The van der Waals surface area contributed by atoms with Gasteiger partial charge >= 0.3 is 18.1 Å². The van der Waals surface area contributed by atoms with Crippen LogP contribution in [0, 0.1) is 0 Å². The zero-order valence-electron chi connectivity index (χ0n) is 20.5. The zero-order valence-corrected chi connectivity index (χ0v) is 23.7. The lowest BCUT2D eigenvalue weighted by atomic mass is 10.0. The highest BCUT2D eigenvalue weighted by Gasteiger charge is 2.55. The second kappa shape index (κ2) is 13.2. The standard InChI is InChI=1S/C20H22ClN5O10S3/c1-4-33-20(32)36-7(2)35-18(31)13-8(37-3)6-38-17-12(16(30)26(13)17)23-15(29)11(25-34-5-9(27)28)10-14(21)39-19(22)24-10/h7,12,17H,4-6H2,1-3H3,(H2,22,24)(H,23,29)(H,27,28)/b25-11+/t7?,12?,17-/m1/s1. The van der Waals surface area contributed by atoms with Gasteiger partial charge in [-0.3, -0.25) is 14.5 Å². The summed E-state index contributed by atoms with van der Waals surface area (Å²) in [6.45, 7) is 2.11. The number of hydrogen-bond donors (Lipinski definition) is 3. The van der Waals surface area contributed by atoms with Gasteiger partial charge in [0.15, 0.2) is 10.8 Å². The second-order valence-corrected chi connectivity index (χ2v) is 11.0. The SMILES string of the molecule is CCOC(=O)OC(C)OC(=O)C1=C(SC)CS[C@@H]2C(NC(=O)/C(=N/OCC(=O)O)c3nc(N)sc3Cl)C(=O)N12. The summed E-state index contributed by atoms with van der Waals surface area (Å²) in [7, 11) is 0. The van der Waals surface area contributed by atoms with Crippen LogP contribution in [0.2, 0.25) is 4.34 Å². The maximum absolute atomic E-state index is 13.1. The molecule has 2 aliphatic heterocycles. The number of ether oxygens (including phenoxy) is 3. The van der Waals surface area contributed by atoms with Crippen LogP contribution in [0.15, 0.2) is 15.8 Å². The summed E-state index contributed by atoms with van der Waals surface area (Å²) in [5.41, 5.74) is 4.94. The number of thiazole rings is 1. The van der Waals surface area contributed by atoms with Gasteiger partial charge < -0.3 is 35.2 Å². The monoisotopic (exact) mass is 623 g/mol. The van der Waals surface area contributed by atoms with Gasteiger partial charge in [0.2, 0.25) is 12.9 Å². The summed E-state index contributed by atoms with van der Waals surface area (Å²) < 4.78 is 14.7. The fourth-order valence-corrected chi connectivity index (χ4v) is 6.45. The molecule has 2 unspecified atom stereocenters. The number of anilines is 1. The van der Waals surface area contributed by atoms with Crippen LogP contribution in [0.4, 0.5) is 9.93 Å². The van der Waals surface area contributed by atoms with Crippen LogP contribution in [0.25, 0.3) is 0 Å². The molecule has 15 nitrogen and oxygen atoms in total. The number of rotatable bonds is 11. The van der Waals surface area contributed by atoms with Gasteiger partial charge in [-0.2, -0.15) is 0 Å². The van der Waals surface area contributed by atoms with Gasteiger partial charge in [-0.05, 0) is 13.2 Å². The van der Waals surface area contributed by atoms with Crippen molar-refractivity contribution in [2.45, 2.75) is 31.6 Å². The maximum Gasteiger partial charge on any atom is 0.511 e. The molecular weight excluding hydrogens is 602 g/mol. The van der Waals surface area contributed by atoms with Crippen molar-refractivity contribution in [3.05, 3.63) is 20.6 Å². The van der Waals surface area contributed by atoms with E-state index >= 15 is 0 Å². The molecule has 0 aliphatic carbocycles. The minimum atomic E-state index is -1.34. The van der Waals surface area contributed by atoms with Crippen LogP contribution in [0.3, 0.4) is 0 Å². The summed E-state index contributed by atoms with van der Waals surface area (Å²) in [4.78, 5) is 71.8. The fourth-order valence-electron chi connectivity index (χ4n) is 3.27. The molecule has 212 valence electrons. The van der Waals surface area contributed by atoms with E-state index in [1.807, 2.05) is 0 Å². The van der Waals surface area contributed by atoms with Crippen LogP contribution in [0.5, 0.6) is 0 Å². The number of fused-ring (bicyclic) bond motifs is 1. The van der Waals surface area contributed by atoms with Gasteiger partial charge in [0.1, 0.15) is 27.1 Å². The van der Waals surface area contributed by atoms with Crippen molar-refractivity contribution in [2.75, 3.05) is 31.0 Å². The number of esters is 1. The van der Waals surface area contributed by atoms with Crippen LogP contribution in [0.1, 0.15) is 19.5 Å². The topological polar surface area (TPSA) is 209 Å². The molecule has 4 N–H and O–H groups in total. The molecule has 1 aromatic heterocycles. The number of aromatic nitrogens is 1. The molecule has 1 fully saturated rings. The number of thioether (sulfide) groups is 2.